The molecular weight excluding hydrogens is 216 g/mol. The largest absolute Gasteiger partial charge is 0.497 e. The van der Waals surface area contributed by atoms with Crippen molar-refractivity contribution in [2.24, 2.45) is 0 Å². The highest BCUT2D eigenvalue weighted by Crippen LogP contribution is 2.13. The molecule has 1 aliphatic rings. The summed E-state index contributed by atoms with van der Waals surface area (Å²) in [4.78, 5) is 14.1. The van der Waals surface area contributed by atoms with E-state index in [9.17, 15) is 4.79 Å². The van der Waals surface area contributed by atoms with Crippen LogP contribution in [-0.2, 0) is 0 Å². The molecule has 1 fully saturated rings. The first-order valence-corrected chi connectivity index (χ1v) is 5.88. The zero-order chi connectivity index (χ0) is 12.1. The smallest absolute Gasteiger partial charge is 0.253 e. The predicted octanol–water partition coefficient (Wildman–Crippen LogP) is 1.15. The van der Waals surface area contributed by atoms with Crippen LogP contribution < -0.4 is 10.1 Å². The molecule has 0 N–H and O–H groups in total. The lowest BCUT2D eigenvalue weighted by Crippen LogP contribution is -2.33. The van der Waals surface area contributed by atoms with Gasteiger partial charge in [0, 0.05) is 31.7 Å². The number of nitrogens with zero attached hydrogens (tertiary/aromatic N) is 2. The number of benzene rings is 1. The van der Waals surface area contributed by atoms with E-state index in [4.69, 9.17) is 4.74 Å². The fraction of sp³-hybridized carbons (Fsp3) is 0.462. The molecule has 0 atom stereocenters. The third-order valence-corrected chi connectivity index (χ3v) is 2.90. The van der Waals surface area contributed by atoms with E-state index in [-0.39, 0.29) is 5.91 Å². The number of amides is 1. The fourth-order valence-corrected chi connectivity index (χ4v) is 1.91. The van der Waals surface area contributed by atoms with Gasteiger partial charge in [0.05, 0.1) is 7.11 Å². The molecule has 1 saturated heterocycles. The summed E-state index contributed by atoms with van der Waals surface area (Å²) in [5.74, 6) is 0.858. The third-order valence-electron chi connectivity index (χ3n) is 2.90. The van der Waals surface area contributed by atoms with E-state index in [0.717, 1.165) is 38.3 Å². The lowest BCUT2D eigenvalue weighted by atomic mass is 10.2. The molecule has 1 heterocycles. The second-order valence-corrected chi connectivity index (χ2v) is 4.05. The number of hydrogen-bond acceptors (Lipinski definition) is 2. The van der Waals surface area contributed by atoms with Crippen LogP contribution in [0.15, 0.2) is 24.3 Å². The molecule has 1 amide bonds. The van der Waals surface area contributed by atoms with Gasteiger partial charge in [0.1, 0.15) is 5.75 Å². The van der Waals surface area contributed by atoms with Gasteiger partial charge >= 0.3 is 0 Å². The lowest BCUT2D eigenvalue weighted by Gasteiger charge is -2.19. The van der Waals surface area contributed by atoms with Crippen molar-refractivity contribution in [1.82, 2.24) is 10.2 Å². The van der Waals surface area contributed by atoms with Gasteiger partial charge in [-0.05, 0) is 30.7 Å². The van der Waals surface area contributed by atoms with Gasteiger partial charge in [-0.3, -0.25) is 4.79 Å². The van der Waals surface area contributed by atoms with E-state index in [0.29, 0.717) is 5.56 Å². The highest BCUT2D eigenvalue weighted by atomic mass is 16.5. The highest BCUT2D eigenvalue weighted by Gasteiger charge is 2.17. The molecule has 4 nitrogen and oxygen atoms in total. The average Bonchev–Trinajstić information content (AvgIpc) is 2.67. The summed E-state index contributed by atoms with van der Waals surface area (Å²) in [5.41, 5.74) is 0.715. The van der Waals surface area contributed by atoms with Crippen LogP contribution in [0.2, 0.25) is 0 Å². The Bertz CT molecular complexity index is 368. The summed E-state index contributed by atoms with van der Waals surface area (Å²) in [6.45, 7) is 3.15. The van der Waals surface area contributed by atoms with Crippen LogP contribution in [0.1, 0.15) is 16.8 Å². The predicted molar refractivity (Wildman–Crippen MR) is 65.4 cm³/mol. The van der Waals surface area contributed by atoms with Crippen molar-refractivity contribution in [3.05, 3.63) is 29.8 Å². The van der Waals surface area contributed by atoms with Crippen LogP contribution in [0.4, 0.5) is 0 Å². The van der Waals surface area contributed by atoms with Crippen molar-refractivity contribution in [2.75, 3.05) is 33.3 Å². The number of carbonyl (C=O) groups excluding carboxylic acids is 1. The van der Waals surface area contributed by atoms with Crippen molar-refractivity contribution in [3.8, 4) is 5.75 Å². The first-order chi connectivity index (χ1) is 8.31. The summed E-state index contributed by atoms with van der Waals surface area (Å²) < 4.78 is 5.07. The van der Waals surface area contributed by atoms with Crippen molar-refractivity contribution in [3.63, 3.8) is 0 Å². The Balaban J connectivity index is 2.06. The van der Waals surface area contributed by atoms with Crippen LogP contribution in [0.25, 0.3) is 0 Å². The standard InChI is InChI=1S/C13H17N2O2/c1-17-12-5-3-11(4-6-12)13(16)15-9-2-7-14-8-10-15/h3-6H,2,7-10H2,1H3. The minimum absolute atomic E-state index is 0.0877. The van der Waals surface area contributed by atoms with E-state index in [1.807, 2.05) is 29.2 Å². The third kappa shape index (κ3) is 2.97. The Hall–Kier alpha value is -1.55. The molecule has 91 valence electrons. The quantitative estimate of drug-likeness (QED) is 0.769. The zero-order valence-corrected chi connectivity index (χ0v) is 10.1. The Kier molecular flexibility index (Phi) is 3.98. The van der Waals surface area contributed by atoms with Crippen LogP contribution in [0, 0.1) is 0 Å². The van der Waals surface area contributed by atoms with Gasteiger partial charge in [-0.15, -0.1) is 0 Å². The summed E-state index contributed by atoms with van der Waals surface area (Å²) in [7, 11) is 1.62. The van der Waals surface area contributed by atoms with Crippen LogP contribution in [0.3, 0.4) is 0 Å². The van der Waals surface area contributed by atoms with E-state index < -0.39 is 0 Å². The highest BCUT2D eigenvalue weighted by molar-refractivity contribution is 5.94. The minimum Gasteiger partial charge on any atom is -0.497 e. The maximum absolute atomic E-state index is 12.2. The second-order valence-electron chi connectivity index (χ2n) is 4.05. The van der Waals surface area contributed by atoms with Crippen molar-refractivity contribution in [1.29, 1.82) is 0 Å². The molecule has 0 spiro atoms. The molecule has 1 aliphatic heterocycles. The summed E-state index contributed by atoms with van der Waals surface area (Å²) in [6.07, 6.45) is 0.960. The zero-order valence-electron chi connectivity index (χ0n) is 10.1. The summed E-state index contributed by atoms with van der Waals surface area (Å²) in [5, 5.41) is 4.31. The van der Waals surface area contributed by atoms with E-state index in [2.05, 4.69) is 5.32 Å². The van der Waals surface area contributed by atoms with Crippen LogP contribution in [0.5, 0.6) is 5.75 Å². The average molecular weight is 233 g/mol. The second kappa shape index (κ2) is 5.68. The van der Waals surface area contributed by atoms with Gasteiger partial charge in [0.15, 0.2) is 0 Å². The number of carbonyl (C=O) groups is 1. The van der Waals surface area contributed by atoms with Gasteiger partial charge in [0.2, 0.25) is 0 Å². The molecule has 1 aromatic carbocycles. The van der Waals surface area contributed by atoms with Gasteiger partial charge < -0.3 is 9.64 Å². The van der Waals surface area contributed by atoms with Crippen molar-refractivity contribution in [2.45, 2.75) is 6.42 Å². The topological polar surface area (TPSA) is 43.6 Å². The molecule has 0 aromatic heterocycles. The van der Waals surface area contributed by atoms with Gasteiger partial charge in [0.25, 0.3) is 5.91 Å². The minimum atomic E-state index is 0.0877. The first kappa shape index (κ1) is 11.9. The summed E-state index contributed by atoms with van der Waals surface area (Å²) >= 11 is 0. The molecule has 0 aliphatic carbocycles. The van der Waals surface area contributed by atoms with Crippen LogP contribution >= 0.6 is 0 Å². The molecule has 17 heavy (non-hydrogen) atoms. The summed E-state index contributed by atoms with van der Waals surface area (Å²) in [6, 6.07) is 7.25. The van der Waals surface area contributed by atoms with Crippen molar-refractivity contribution >= 4 is 5.91 Å². The van der Waals surface area contributed by atoms with E-state index >= 15 is 0 Å². The molecule has 0 unspecified atom stereocenters. The molecule has 0 bridgehead atoms. The fourth-order valence-electron chi connectivity index (χ4n) is 1.91. The van der Waals surface area contributed by atoms with Gasteiger partial charge in [-0.2, -0.15) is 0 Å². The number of hydrogen-bond donors (Lipinski definition) is 0. The molecule has 1 radical (unpaired) electrons. The molecule has 4 heteroatoms. The Morgan fingerprint density at radius 1 is 1.24 bits per heavy atom. The maximum Gasteiger partial charge on any atom is 0.253 e. The number of methoxy groups -OCH3 is 1. The molecule has 2 rings (SSSR count). The molecule has 1 aromatic rings. The van der Waals surface area contributed by atoms with E-state index in [1.165, 1.54) is 0 Å². The molecule has 0 saturated carbocycles. The Morgan fingerprint density at radius 3 is 2.71 bits per heavy atom. The monoisotopic (exact) mass is 233 g/mol. The Morgan fingerprint density at radius 2 is 2.00 bits per heavy atom. The Labute approximate surface area is 102 Å². The lowest BCUT2D eigenvalue weighted by molar-refractivity contribution is 0.0766. The first-order valence-electron chi connectivity index (χ1n) is 5.88. The maximum atomic E-state index is 12.2. The SMILES string of the molecule is COc1ccc(C(=O)N2CCC[N]CC2)cc1. The van der Waals surface area contributed by atoms with Crippen LogP contribution in [-0.4, -0.2) is 44.1 Å². The normalized spacial score (nSPS) is 16.4. The molecular formula is C13H17N2O2. The van der Waals surface area contributed by atoms with Gasteiger partial charge in [-0.25, -0.2) is 5.32 Å². The number of rotatable bonds is 2. The van der Waals surface area contributed by atoms with E-state index in [1.54, 1.807) is 7.11 Å². The number of ether oxygens (including phenoxy) is 1. The van der Waals surface area contributed by atoms with Crippen molar-refractivity contribution < 1.29 is 9.53 Å². The van der Waals surface area contributed by atoms with Gasteiger partial charge in [-0.1, -0.05) is 0 Å².